The normalized spacial score (nSPS) is 0.545. The fourth-order valence-electron chi connectivity index (χ4n) is 0. The molecule has 0 saturated carbocycles. The summed E-state index contributed by atoms with van der Waals surface area (Å²) in [5.74, 6) is 0. The first-order valence-corrected chi connectivity index (χ1v) is 2.19. The summed E-state index contributed by atoms with van der Waals surface area (Å²) in [6.45, 7) is 0. The van der Waals surface area contributed by atoms with E-state index in [4.69, 9.17) is 4.57 Å². The molecular weight excluding hydrogens is 307 g/mol. The van der Waals surface area contributed by atoms with E-state index in [1.807, 2.05) is 0 Å². The van der Waals surface area contributed by atoms with E-state index in [2.05, 4.69) is 11.8 Å². The van der Waals surface area contributed by atoms with E-state index in [9.17, 15) is 0 Å². The van der Waals surface area contributed by atoms with Crippen molar-refractivity contribution in [2.75, 3.05) is 0 Å². The molecule has 0 aliphatic rings. The van der Waals surface area contributed by atoms with E-state index in [-0.39, 0.29) is 148 Å². The molecule has 1 nitrogen and oxygen atoms in total. The monoisotopic (exact) mass is 384 g/mol. The zero-order valence-electron chi connectivity index (χ0n) is 1.26. The fraction of sp³-hybridized carbons (Fsp3) is 1.00. The summed E-state index contributed by atoms with van der Waals surface area (Å²) in [4.78, 5) is 0. The van der Waals surface area contributed by atoms with E-state index in [1.54, 1.807) is 0 Å². The first-order chi connectivity index (χ1) is 1.41. The molecule has 22 heavy (non-hydrogen) atoms. The van der Waals surface area contributed by atoms with Crippen molar-refractivity contribution in [2.45, 2.75) is 141 Å². The maximum atomic E-state index is 8.72. The average molecular weight is 384 g/mol. The number of hydrogen-bond donors (Lipinski definition) is 0. The minimum absolute atomic E-state index is 0. The molecule has 0 spiro atoms. The Morgan fingerprint density at radius 1 is 0.318 bits per heavy atom. The van der Waals surface area contributed by atoms with Crippen molar-refractivity contribution in [2.24, 2.45) is 0 Å². The van der Waals surface area contributed by atoms with Crippen LogP contribution in [0.25, 0.3) is 0 Å². The molecule has 0 amide bonds. The number of rotatable bonds is 0. The second-order valence-corrected chi connectivity index (χ2v) is 0.671. The topological polar surface area (TPSA) is 17.1 Å². The van der Waals surface area contributed by atoms with Crippen LogP contribution in [0.15, 0.2) is 0 Å². The molecule has 0 saturated heterocycles. The Morgan fingerprint density at radius 3 is 0.318 bits per heavy atom. The zero-order chi connectivity index (χ0) is 2.71. The van der Waals surface area contributed by atoms with Crippen molar-refractivity contribution < 1.29 is 4.57 Å². The summed E-state index contributed by atoms with van der Waals surface area (Å²) in [7, 11) is -0.250. The van der Waals surface area contributed by atoms with Crippen LogP contribution >= 0.6 is 7.24 Å². The van der Waals surface area contributed by atoms with E-state index in [0.29, 0.717) is 0 Å². The van der Waals surface area contributed by atoms with E-state index in [0.717, 1.165) is 0 Å². The SMILES string of the molecule is C.C.C.C.C.C.C.C.C.C.C.C.C.C.C.C.C.C.C.O=[P+]=S. The van der Waals surface area contributed by atoms with Crippen LogP contribution in [0.2, 0.25) is 0 Å². The molecule has 0 unspecified atom stereocenters. The van der Waals surface area contributed by atoms with Gasteiger partial charge in [0.15, 0.2) is 0 Å². The molecule has 0 N–H and O–H groups in total. The standard InChI is InChI=1S/19CH4.OPS/c;;;;;;;;;;;;;;;;;;;1-2-3/h19*1H4;/q;;;;;;;;;;;;;;;;;;;+1. The van der Waals surface area contributed by atoms with Gasteiger partial charge < -0.3 is 0 Å². The summed E-state index contributed by atoms with van der Waals surface area (Å²) in [6.07, 6.45) is 0. The second kappa shape index (κ2) is 4270. The summed E-state index contributed by atoms with van der Waals surface area (Å²) in [5, 5.41) is 0. The van der Waals surface area contributed by atoms with Gasteiger partial charge in [-0.25, -0.2) is 0 Å². The van der Waals surface area contributed by atoms with Crippen molar-refractivity contribution in [3.05, 3.63) is 0 Å². The van der Waals surface area contributed by atoms with Gasteiger partial charge in [-0.2, -0.15) is 0 Å². The van der Waals surface area contributed by atoms with Crippen LogP contribution in [0.5, 0.6) is 0 Å². The van der Waals surface area contributed by atoms with Gasteiger partial charge in [-0.15, -0.1) is 0 Å². The van der Waals surface area contributed by atoms with Gasteiger partial charge >= 0.3 is 23.6 Å². The van der Waals surface area contributed by atoms with Crippen LogP contribution in [-0.4, -0.2) is 0 Å². The molecule has 168 valence electrons. The minimum atomic E-state index is -0.250. The first-order valence-electron chi connectivity index (χ1n) is 0.365. The van der Waals surface area contributed by atoms with Gasteiger partial charge in [0.25, 0.3) is 0 Å². The van der Waals surface area contributed by atoms with Gasteiger partial charge in [0, 0.05) is 0 Å². The van der Waals surface area contributed by atoms with Gasteiger partial charge in [0.2, 0.25) is 0 Å². The quantitative estimate of drug-likeness (QED) is 0.387. The van der Waals surface area contributed by atoms with Crippen LogP contribution in [0.3, 0.4) is 0 Å². The summed E-state index contributed by atoms with van der Waals surface area (Å²) < 4.78 is 8.72. The first kappa shape index (κ1) is 1720. The molecule has 0 heterocycles. The predicted octanol–water partition coefficient (Wildman–Crippen LogP) is 12.8. The third-order valence-corrected chi connectivity index (χ3v) is 0. The van der Waals surface area contributed by atoms with E-state index >= 15 is 0 Å². The average Bonchev–Trinajstić information content (AvgIpc) is 0.918. The van der Waals surface area contributed by atoms with E-state index < -0.39 is 0 Å². The van der Waals surface area contributed by atoms with Gasteiger partial charge in [-0.3, -0.25) is 0 Å². The van der Waals surface area contributed by atoms with Crippen LogP contribution in [0.1, 0.15) is 141 Å². The fourth-order valence-corrected chi connectivity index (χ4v) is 0. The summed E-state index contributed by atoms with van der Waals surface area (Å²) >= 11 is 3.81. The van der Waals surface area contributed by atoms with Crippen molar-refractivity contribution in [1.29, 1.82) is 0 Å². The van der Waals surface area contributed by atoms with Crippen molar-refractivity contribution in [1.82, 2.24) is 0 Å². The Kier molecular flexibility index (Phi) is 334000. The Hall–Kier alpha value is 0.450. The molecule has 0 aromatic rings. The van der Waals surface area contributed by atoms with Gasteiger partial charge in [0.1, 0.15) is 0 Å². The Labute approximate surface area is 165 Å². The molecule has 0 atom stereocenters. The van der Waals surface area contributed by atoms with Crippen LogP contribution in [0, 0.1) is 0 Å². The molecule has 0 aromatic carbocycles. The van der Waals surface area contributed by atoms with Crippen molar-refractivity contribution in [3.63, 3.8) is 0 Å². The molecule has 0 radical (unpaired) electrons. The Bertz CT molecular complexity index is 38.4. The van der Waals surface area contributed by atoms with Gasteiger partial charge in [-0.05, 0) is 0 Å². The molecule has 0 bridgehead atoms. The summed E-state index contributed by atoms with van der Waals surface area (Å²) in [6, 6.07) is 0. The molecule has 0 fully saturated rings. The van der Waals surface area contributed by atoms with Gasteiger partial charge in [0.05, 0.1) is 0 Å². The van der Waals surface area contributed by atoms with Crippen molar-refractivity contribution in [3.8, 4) is 0 Å². The Balaban J connectivity index is -0.000000000117. The second-order valence-electron chi connectivity index (χ2n) is 0.0745. The molecule has 0 aromatic heterocycles. The molecule has 0 rings (SSSR count). The van der Waals surface area contributed by atoms with Crippen LogP contribution in [-0.2, 0) is 16.4 Å². The molecule has 0 aliphatic heterocycles. The van der Waals surface area contributed by atoms with E-state index in [1.165, 1.54) is 0 Å². The molecule has 3 heteroatoms. The Morgan fingerprint density at radius 2 is 0.318 bits per heavy atom. The molecule has 0 aliphatic carbocycles. The molecular formula is C19H76OPS+. The van der Waals surface area contributed by atoms with Gasteiger partial charge in [-0.1, -0.05) is 141 Å². The van der Waals surface area contributed by atoms with Crippen molar-refractivity contribution >= 4 is 19.0 Å². The number of hydrogen-bond acceptors (Lipinski definition) is 2. The third-order valence-electron chi connectivity index (χ3n) is 0. The third kappa shape index (κ3) is 38200. The zero-order valence-corrected chi connectivity index (χ0v) is 2.97. The maximum absolute atomic E-state index is 8.72. The summed E-state index contributed by atoms with van der Waals surface area (Å²) in [5.41, 5.74) is 0. The van der Waals surface area contributed by atoms with Crippen LogP contribution in [0.4, 0.5) is 0 Å². The van der Waals surface area contributed by atoms with Crippen LogP contribution < -0.4 is 0 Å². The predicted molar refractivity (Wildman–Crippen MR) is 143 cm³/mol.